The largest absolute Gasteiger partial charge is 0.259 e. The zero-order valence-electron chi connectivity index (χ0n) is 20.5. The summed E-state index contributed by atoms with van der Waals surface area (Å²) in [4.78, 5) is 5.27. The van der Waals surface area contributed by atoms with E-state index in [-0.39, 0.29) is 5.92 Å². The van der Waals surface area contributed by atoms with Gasteiger partial charge in [-0.1, -0.05) is 152 Å². The molecule has 0 radical (unpaired) electrons. The normalized spacial score (nSPS) is 15.5. The second kappa shape index (κ2) is 10.5. The van der Waals surface area contributed by atoms with Gasteiger partial charge in [0.1, 0.15) is 0 Å². The Bertz CT molecular complexity index is 1560. The third-order valence-corrected chi connectivity index (χ3v) is 6.87. The molecular weight excluding hydrogens is 446 g/mol. The standard InChI is InChI=1S/C36H27N/c1-6-16-27(17-7-1)32-26-37-36(31-24-14-5-15-25-31)35(30-22-12-4-13-23-30)34(29-20-10-3-11-21-29)33(32)28-18-8-2-9-19-28/h1-26,35H/t35-/m1/s1. The second-order valence-corrected chi connectivity index (χ2v) is 9.15. The Balaban J connectivity index is 1.76. The minimum atomic E-state index is -0.0568. The number of aliphatic imine (C=N–C) groups is 1. The predicted octanol–water partition coefficient (Wildman–Crippen LogP) is 8.93. The van der Waals surface area contributed by atoms with Crippen LogP contribution in [0, 0.1) is 0 Å². The summed E-state index contributed by atoms with van der Waals surface area (Å²) in [5.74, 6) is -0.0568. The minimum Gasteiger partial charge on any atom is -0.259 e. The summed E-state index contributed by atoms with van der Waals surface area (Å²) in [6.07, 6.45) is 2.08. The van der Waals surface area contributed by atoms with E-state index in [2.05, 4.69) is 158 Å². The van der Waals surface area contributed by atoms with Crippen LogP contribution in [0.25, 0.3) is 16.7 Å². The molecular formula is C36H27N. The third-order valence-electron chi connectivity index (χ3n) is 6.87. The Morgan fingerprint density at radius 3 is 1.38 bits per heavy atom. The molecule has 0 aliphatic carbocycles. The van der Waals surface area contributed by atoms with Crippen molar-refractivity contribution in [2.75, 3.05) is 0 Å². The lowest BCUT2D eigenvalue weighted by atomic mass is 9.76. The smallest absolute Gasteiger partial charge is 0.0595 e. The highest BCUT2D eigenvalue weighted by atomic mass is 14.7. The first-order valence-corrected chi connectivity index (χ1v) is 12.7. The van der Waals surface area contributed by atoms with Crippen LogP contribution >= 0.6 is 0 Å². The van der Waals surface area contributed by atoms with Gasteiger partial charge < -0.3 is 0 Å². The molecule has 1 aliphatic rings. The molecule has 0 aromatic heterocycles. The molecule has 5 aromatic carbocycles. The Morgan fingerprint density at radius 1 is 0.405 bits per heavy atom. The number of rotatable bonds is 5. The van der Waals surface area contributed by atoms with E-state index in [1.54, 1.807) is 0 Å². The summed E-state index contributed by atoms with van der Waals surface area (Å²) in [7, 11) is 0. The summed E-state index contributed by atoms with van der Waals surface area (Å²) in [6, 6.07) is 53.5. The lowest BCUT2D eigenvalue weighted by Crippen LogP contribution is -2.16. The highest BCUT2D eigenvalue weighted by Crippen LogP contribution is 2.47. The molecule has 1 heteroatoms. The maximum absolute atomic E-state index is 5.27. The SMILES string of the molecule is C1=C(c2ccccc2)C(c2ccccc2)=C(c2ccccc2)[C@@H](c2ccccc2)C(c2ccccc2)=N1. The summed E-state index contributed by atoms with van der Waals surface area (Å²) in [6.45, 7) is 0. The van der Waals surface area contributed by atoms with Crippen molar-refractivity contribution in [2.24, 2.45) is 4.99 Å². The average molecular weight is 474 g/mol. The molecule has 1 atom stereocenters. The molecule has 1 nitrogen and oxygen atoms in total. The van der Waals surface area contributed by atoms with Gasteiger partial charge in [0, 0.05) is 11.8 Å². The number of allylic oxidation sites excluding steroid dienone is 3. The van der Waals surface area contributed by atoms with Crippen LogP contribution in [0.15, 0.2) is 163 Å². The molecule has 0 spiro atoms. The molecule has 1 heterocycles. The molecule has 1 aliphatic heterocycles. The Labute approximate surface area is 218 Å². The minimum absolute atomic E-state index is 0.0568. The van der Waals surface area contributed by atoms with Crippen LogP contribution in [0.4, 0.5) is 0 Å². The van der Waals surface area contributed by atoms with Gasteiger partial charge in [0.2, 0.25) is 0 Å². The second-order valence-electron chi connectivity index (χ2n) is 9.15. The summed E-state index contributed by atoms with van der Waals surface area (Å²) in [5, 5.41) is 0. The van der Waals surface area contributed by atoms with Gasteiger partial charge in [-0.15, -0.1) is 0 Å². The van der Waals surface area contributed by atoms with E-state index in [1.807, 2.05) is 0 Å². The van der Waals surface area contributed by atoms with E-state index in [0.717, 1.165) is 22.4 Å². The summed E-state index contributed by atoms with van der Waals surface area (Å²) >= 11 is 0. The molecule has 5 aromatic rings. The average Bonchev–Trinajstić information content (AvgIpc) is 3.17. The van der Waals surface area contributed by atoms with E-state index in [4.69, 9.17) is 4.99 Å². The molecule has 37 heavy (non-hydrogen) atoms. The van der Waals surface area contributed by atoms with Gasteiger partial charge in [-0.3, -0.25) is 4.99 Å². The van der Waals surface area contributed by atoms with Crippen LogP contribution in [-0.2, 0) is 0 Å². The van der Waals surface area contributed by atoms with Gasteiger partial charge in [0.25, 0.3) is 0 Å². The molecule has 176 valence electrons. The molecule has 0 bridgehead atoms. The Hall–Kier alpha value is -4.75. The predicted molar refractivity (Wildman–Crippen MR) is 156 cm³/mol. The van der Waals surface area contributed by atoms with Crippen molar-refractivity contribution in [1.29, 1.82) is 0 Å². The fourth-order valence-electron chi connectivity index (χ4n) is 5.20. The van der Waals surface area contributed by atoms with E-state index in [0.29, 0.717) is 0 Å². The van der Waals surface area contributed by atoms with Gasteiger partial charge in [0.15, 0.2) is 0 Å². The van der Waals surface area contributed by atoms with Crippen molar-refractivity contribution in [3.05, 3.63) is 186 Å². The number of benzene rings is 5. The van der Waals surface area contributed by atoms with Gasteiger partial charge in [0.05, 0.1) is 11.6 Å². The Kier molecular flexibility index (Phi) is 6.43. The molecule has 0 saturated heterocycles. The maximum atomic E-state index is 5.27. The zero-order valence-corrected chi connectivity index (χ0v) is 20.5. The summed E-state index contributed by atoms with van der Waals surface area (Å²) in [5.41, 5.74) is 10.5. The Morgan fingerprint density at radius 2 is 0.838 bits per heavy atom. The van der Waals surface area contributed by atoms with E-state index < -0.39 is 0 Å². The molecule has 0 fully saturated rings. The van der Waals surface area contributed by atoms with Crippen molar-refractivity contribution in [2.45, 2.75) is 5.92 Å². The highest BCUT2D eigenvalue weighted by molar-refractivity contribution is 6.24. The molecule has 0 unspecified atom stereocenters. The van der Waals surface area contributed by atoms with Crippen LogP contribution in [0.5, 0.6) is 0 Å². The first kappa shape index (κ1) is 22.7. The number of nitrogens with zero attached hydrogens (tertiary/aromatic N) is 1. The maximum Gasteiger partial charge on any atom is 0.0595 e. The van der Waals surface area contributed by atoms with Crippen molar-refractivity contribution < 1.29 is 0 Å². The van der Waals surface area contributed by atoms with E-state index >= 15 is 0 Å². The number of hydrogen-bond donors (Lipinski definition) is 0. The molecule has 6 rings (SSSR count). The van der Waals surface area contributed by atoms with Crippen molar-refractivity contribution >= 4 is 22.4 Å². The molecule has 0 N–H and O–H groups in total. The third kappa shape index (κ3) is 4.60. The lowest BCUT2D eigenvalue weighted by molar-refractivity contribution is 1.15. The van der Waals surface area contributed by atoms with E-state index in [9.17, 15) is 0 Å². The van der Waals surface area contributed by atoms with Crippen molar-refractivity contribution in [3.8, 4) is 0 Å². The molecule has 0 saturated carbocycles. The highest BCUT2D eigenvalue weighted by Gasteiger charge is 2.31. The quantitative estimate of drug-likeness (QED) is 0.242. The molecule has 0 amide bonds. The van der Waals surface area contributed by atoms with Gasteiger partial charge >= 0.3 is 0 Å². The van der Waals surface area contributed by atoms with Crippen LogP contribution in [-0.4, -0.2) is 5.71 Å². The van der Waals surface area contributed by atoms with Crippen LogP contribution in [0.1, 0.15) is 33.7 Å². The summed E-state index contributed by atoms with van der Waals surface area (Å²) < 4.78 is 0. The van der Waals surface area contributed by atoms with Crippen molar-refractivity contribution in [3.63, 3.8) is 0 Å². The first-order valence-electron chi connectivity index (χ1n) is 12.7. The van der Waals surface area contributed by atoms with Crippen LogP contribution in [0.3, 0.4) is 0 Å². The van der Waals surface area contributed by atoms with Crippen LogP contribution in [0.2, 0.25) is 0 Å². The topological polar surface area (TPSA) is 12.4 Å². The lowest BCUT2D eigenvalue weighted by Gasteiger charge is -2.26. The fourth-order valence-corrected chi connectivity index (χ4v) is 5.20. The fraction of sp³-hybridized carbons (Fsp3) is 0.0278. The first-order chi connectivity index (χ1) is 18.4. The zero-order chi connectivity index (χ0) is 24.9. The monoisotopic (exact) mass is 473 g/mol. The van der Waals surface area contributed by atoms with E-state index in [1.165, 1.54) is 27.8 Å². The van der Waals surface area contributed by atoms with Gasteiger partial charge in [-0.2, -0.15) is 0 Å². The van der Waals surface area contributed by atoms with Gasteiger partial charge in [-0.05, 0) is 39.0 Å². The van der Waals surface area contributed by atoms with Crippen LogP contribution < -0.4 is 0 Å². The van der Waals surface area contributed by atoms with Gasteiger partial charge in [-0.25, -0.2) is 0 Å². The number of hydrogen-bond acceptors (Lipinski definition) is 1. The van der Waals surface area contributed by atoms with Crippen molar-refractivity contribution in [1.82, 2.24) is 0 Å².